The van der Waals surface area contributed by atoms with Gasteiger partial charge in [-0.15, -0.1) is 0 Å². The standard InChI is InChI=1S/C15H20N4O/c1-19(2)13(10-7-8-10)9-16-15-17-12-6-4-3-5-11(12)14(20)18-15/h3-6,10,13H,7-9H2,1-2H3,(H2,16,17,18,20). The second kappa shape index (κ2) is 5.25. The van der Waals surface area contributed by atoms with E-state index < -0.39 is 0 Å². The van der Waals surface area contributed by atoms with Crippen LogP contribution in [-0.2, 0) is 0 Å². The molecule has 1 aromatic heterocycles. The van der Waals surface area contributed by atoms with Crippen molar-refractivity contribution >= 4 is 16.9 Å². The van der Waals surface area contributed by atoms with Gasteiger partial charge < -0.3 is 10.2 Å². The van der Waals surface area contributed by atoms with Crippen LogP contribution in [0.5, 0.6) is 0 Å². The molecule has 1 heterocycles. The summed E-state index contributed by atoms with van der Waals surface area (Å²) in [5, 5.41) is 3.90. The van der Waals surface area contributed by atoms with Crippen LogP contribution >= 0.6 is 0 Å². The van der Waals surface area contributed by atoms with Crippen molar-refractivity contribution in [3.63, 3.8) is 0 Å². The normalized spacial score (nSPS) is 16.6. The average Bonchev–Trinajstić information content (AvgIpc) is 3.23. The van der Waals surface area contributed by atoms with Crippen molar-refractivity contribution in [3.8, 4) is 0 Å². The molecular weight excluding hydrogens is 252 g/mol. The zero-order valence-electron chi connectivity index (χ0n) is 11.9. The van der Waals surface area contributed by atoms with E-state index in [1.807, 2.05) is 18.2 Å². The number of aromatic amines is 1. The number of hydrogen-bond acceptors (Lipinski definition) is 4. The monoisotopic (exact) mass is 272 g/mol. The number of benzene rings is 1. The molecule has 1 aliphatic rings. The van der Waals surface area contributed by atoms with E-state index in [9.17, 15) is 4.79 Å². The Morgan fingerprint density at radius 1 is 1.40 bits per heavy atom. The summed E-state index contributed by atoms with van der Waals surface area (Å²) in [5.74, 6) is 1.32. The highest BCUT2D eigenvalue weighted by Crippen LogP contribution is 2.34. The first kappa shape index (κ1) is 13.1. The van der Waals surface area contributed by atoms with Crippen LogP contribution < -0.4 is 10.9 Å². The molecule has 0 spiro atoms. The summed E-state index contributed by atoms with van der Waals surface area (Å²) >= 11 is 0. The van der Waals surface area contributed by atoms with Crippen LogP contribution in [0.1, 0.15) is 12.8 Å². The second-order valence-corrected chi connectivity index (χ2v) is 5.68. The van der Waals surface area contributed by atoms with Gasteiger partial charge in [0.25, 0.3) is 5.56 Å². The Hall–Kier alpha value is -1.88. The predicted molar refractivity (Wildman–Crippen MR) is 81.1 cm³/mol. The predicted octanol–water partition coefficient (Wildman–Crippen LogP) is 1.68. The summed E-state index contributed by atoms with van der Waals surface area (Å²) in [5.41, 5.74) is 0.637. The molecule has 0 aliphatic heterocycles. The van der Waals surface area contributed by atoms with Gasteiger partial charge in [0.1, 0.15) is 0 Å². The summed E-state index contributed by atoms with van der Waals surface area (Å²) in [7, 11) is 4.20. The molecule has 0 bridgehead atoms. The Kier molecular flexibility index (Phi) is 3.44. The second-order valence-electron chi connectivity index (χ2n) is 5.68. The number of likely N-dealkylation sites (N-methyl/N-ethyl adjacent to an activating group) is 1. The van der Waals surface area contributed by atoms with Crippen LogP contribution in [0.15, 0.2) is 29.1 Å². The molecule has 20 heavy (non-hydrogen) atoms. The lowest BCUT2D eigenvalue weighted by molar-refractivity contribution is 0.276. The Morgan fingerprint density at radius 2 is 2.15 bits per heavy atom. The number of rotatable bonds is 5. The Labute approximate surface area is 118 Å². The maximum atomic E-state index is 12.0. The van der Waals surface area contributed by atoms with Gasteiger partial charge >= 0.3 is 0 Å². The van der Waals surface area contributed by atoms with Gasteiger partial charge in [-0.25, -0.2) is 4.98 Å². The van der Waals surface area contributed by atoms with Crippen LogP contribution in [0, 0.1) is 5.92 Å². The highest BCUT2D eigenvalue weighted by Gasteiger charge is 2.32. The first-order valence-corrected chi connectivity index (χ1v) is 7.04. The molecular formula is C15H20N4O. The third-order valence-corrected chi connectivity index (χ3v) is 3.92. The van der Waals surface area contributed by atoms with Crippen LogP contribution in [0.4, 0.5) is 5.95 Å². The molecule has 3 rings (SSSR count). The van der Waals surface area contributed by atoms with E-state index in [0.29, 0.717) is 17.4 Å². The summed E-state index contributed by atoms with van der Waals surface area (Å²) in [4.78, 5) is 21.5. The number of H-pyrrole nitrogens is 1. The Balaban J connectivity index is 1.79. The Bertz CT molecular complexity index is 658. The molecule has 106 valence electrons. The highest BCUT2D eigenvalue weighted by molar-refractivity contribution is 5.78. The fourth-order valence-corrected chi connectivity index (χ4v) is 2.62. The average molecular weight is 272 g/mol. The third kappa shape index (κ3) is 2.67. The maximum absolute atomic E-state index is 12.0. The van der Waals surface area contributed by atoms with Gasteiger partial charge in [-0.05, 0) is 45.0 Å². The molecule has 1 fully saturated rings. The largest absolute Gasteiger partial charge is 0.354 e. The summed E-state index contributed by atoms with van der Waals surface area (Å²) in [6.07, 6.45) is 2.60. The van der Waals surface area contributed by atoms with Gasteiger partial charge in [0.15, 0.2) is 0 Å². The number of hydrogen-bond donors (Lipinski definition) is 2. The van der Waals surface area contributed by atoms with Crippen molar-refractivity contribution in [1.29, 1.82) is 0 Å². The lowest BCUT2D eigenvalue weighted by atomic mass is 10.1. The quantitative estimate of drug-likeness (QED) is 0.869. The van der Waals surface area contributed by atoms with Crippen molar-refractivity contribution in [2.75, 3.05) is 26.0 Å². The number of fused-ring (bicyclic) bond motifs is 1. The molecule has 5 heteroatoms. The van der Waals surface area contributed by atoms with E-state index in [1.165, 1.54) is 12.8 Å². The lowest BCUT2D eigenvalue weighted by Crippen LogP contribution is -2.36. The summed E-state index contributed by atoms with van der Waals surface area (Å²) < 4.78 is 0. The molecule has 2 aromatic rings. The third-order valence-electron chi connectivity index (χ3n) is 3.92. The number of anilines is 1. The zero-order chi connectivity index (χ0) is 14.1. The smallest absolute Gasteiger partial charge is 0.260 e. The van der Waals surface area contributed by atoms with E-state index in [-0.39, 0.29) is 5.56 Å². The molecule has 1 aliphatic carbocycles. The van der Waals surface area contributed by atoms with E-state index in [4.69, 9.17) is 0 Å². The molecule has 1 unspecified atom stereocenters. The number of nitrogens with one attached hydrogen (secondary N) is 2. The molecule has 1 saturated carbocycles. The molecule has 0 amide bonds. The summed E-state index contributed by atoms with van der Waals surface area (Å²) in [6.45, 7) is 0.805. The summed E-state index contributed by atoms with van der Waals surface area (Å²) in [6, 6.07) is 7.89. The number of para-hydroxylation sites is 1. The molecule has 0 saturated heterocycles. The van der Waals surface area contributed by atoms with E-state index in [2.05, 4.69) is 34.3 Å². The first-order valence-electron chi connectivity index (χ1n) is 7.04. The molecule has 2 N–H and O–H groups in total. The first-order chi connectivity index (χ1) is 9.65. The van der Waals surface area contributed by atoms with Gasteiger partial charge in [-0.2, -0.15) is 0 Å². The molecule has 1 atom stereocenters. The molecule has 5 nitrogen and oxygen atoms in total. The van der Waals surface area contributed by atoms with Crippen LogP contribution in [0.3, 0.4) is 0 Å². The van der Waals surface area contributed by atoms with Gasteiger partial charge in [0.2, 0.25) is 5.95 Å². The lowest BCUT2D eigenvalue weighted by Gasteiger charge is -2.24. The molecule has 0 radical (unpaired) electrons. The van der Waals surface area contributed by atoms with Gasteiger partial charge in [-0.3, -0.25) is 9.78 Å². The zero-order valence-corrected chi connectivity index (χ0v) is 11.9. The maximum Gasteiger partial charge on any atom is 0.260 e. The SMILES string of the molecule is CN(C)C(CNc1nc2ccccc2c(=O)[nH]1)C1CC1. The van der Waals surface area contributed by atoms with E-state index >= 15 is 0 Å². The molecule has 1 aromatic carbocycles. The van der Waals surface area contributed by atoms with Crippen molar-refractivity contribution in [2.45, 2.75) is 18.9 Å². The van der Waals surface area contributed by atoms with Crippen molar-refractivity contribution in [1.82, 2.24) is 14.9 Å². The Morgan fingerprint density at radius 3 is 2.85 bits per heavy atom. The number of nitrogens with zero attached hydrogens (tertiary/aromatic N) is 2. The van der Waals surface area contributed by atoms with Crippen LogP contribution in [-0.4, -0.2) is 41.5 Å². The highest BCUT2D eigenvalue weighted by atomic mass is 16.1. The van der Waals surface area contributed by atoms with E-state index in [0.717, 1.165) is 18.0 Å². The minimum atomic E-state index is -0.0917. The van der Waals surface area contributed by atoms with Gasteiger partial charge in [0.05, 0.1) is 10.9 Å². The topological polar surface area (TPSA) is 61.0 Å². The minimum absolute atomic E-state index is 0.0917. The van der Waals surface area contributed by atoms with Gasteiger partial charge in [0, 0.05) is 12.6 Å². The van der Waals surface area contributed by atoms with E-state index in [1.54, 1.807) is 6.07 Å². The van der Waals surface area contributed by atoms with Crippen molar-refractivity contribution in [2.24, 2.45) is 5.92 Å². The van der Waals surface area contributed by atoms with Crippen molar-refractivity contribution in [3.05, 3.63) is 34.6 Å². The fourth-order valence-electron chi connectivity index (χ4n) is 2.62. The number of aromatic nitrogens is 2. The van der Waals surface area contributed by atoms with Crippen LogP contribution in [0.2, 0.25) is 0 Å². The van der Waals surface area contributed by atoms with Crippen molar-refractivity contribution < 1.29 is 0 Å². The minimum Gasteiger partial charge on any atom is -0.354 e. The van der Waals surface area contributed by atoms with Gasteiger partial charge in [-0.1, -0.05) is 12.1 Å². The van der Waals surface area contributed by atoms with Crippen LogP contribution in [0.25, 0.3) is 10.9 Å². The fraction of sp³-hybridized carbons (Fsp3) is 0.467.